The molecule has 0 heterocycles. The summed E-state index contributed by atoms with van der Waals surface area (Å²) in [6.45, 7) is 2.75. The van der Waals surface area contributed by atoms with Crippen molar-refractivity contribution >= 4 is 21.6 Å². The first-order valence-electron chi connectivity index (χ1n) is 6.24. The first-order chi connectivity index (χ1) is 8.95. The van der Waals surface area contributed by atoms with Gasteiger partial charge < -0.3 is 5.32 Å². The topological polar surface area (TPSA) is 66.5 Å². The number of amides is 1. The number of rotatable bonds is 7. The van der Waals surface area contributed by atoms with Crippen molar-refractivity contribution in [3.63, 3.8) is 0 Å². The standard InChI is InChI=1S/C13H20N2O3S/c1-3-14-13(16)10-7-11-15(19(2,17)18)12-8-5-4-6-9-12/h4-6,8-9H,3,7,10-11H2,1-2H3,(H,14,16). The Morgan fingerprint density at radius 1 is 1.26 bits per heavy atom. The van der Waals surface area contributed by atoms with E-state index in [1.165, 1.54) is 10.6 Å². The van der Waals surface area contributed by atoms with E-state index in [2.05, 4.69) is 5.32 Å². The van der Waals surface area contributed by atoms with Crippen molar-refractivity contribution in [2.75, 3.05) is 23.7 Å². The molecule has 5 nitrogen and oxygen atoms in total. The minimum Gasteiger partial charge on any atom is -0.356 e. The van der Waals surface area contributed by atoms with Crippen LogP contribution in [0, 0.1) is 0 Å². The highest BCUT2D eigenvalue weighted by Gasteiger charge is 2.16. The van der Waals surface area contributed by atoms with Gasteiger partial charge in [0.2, 0.25) is 15.9 Å². The number of nitrogens with zero attached hydrogens (tertiary/aromatic N) is 1. The maximum Gasteiger partial charge on any atom is 0.232 e. The maximum atomic E-state index is 11.8. The van der Waals surface area contributed by atoms with Crippen LogP contribution in [0.25, 0.3) is 0 Å². The molecule has 0 atom stereocenters. The zero-order valence-corrected chi connectivity index (χ0v) is 12.1. The van der Waals surface area contributed by atoms with Crippen LogP contribution in [0.4, 0.5) is 5.69 Å². The molecule has 1 aromatic rings. The first-order valence-corrected chi connectivity index (χ1v) is 8.09. The SMILES string of the molecule is CCNC(=O)CCCN(c1ccccc1)S(C)(=O)=O. The highest BCUT2D eigenvalue weighted by atomic mass is 32.2. The Bertz CT molecular complexity index is 500. The van der Waals surface area contributed by atoms with Gasteiger partial charge in [0.15, 0.2) is 0 Å². The van der Waals surface area contributed by atoms with Crippen molar-refractivity contribution in [1.29, 1.82) is 0 Å². The minimum atomic E-state index is -3.33. The van der Waals surface area contributed by atoms with Crippen LogP contribution in [0.1, 0.15) is 19.8 Å². The van der Waals surface area contributed by atoms with Gasteiger partial charge in [0.1, 0.15) is 0 Å². The van der Waals surface area contributed by atoms with Crippen LogP contribution in [0.5, 0.6) is 0 Å². The van der Waals surface area contributed by atoms with E-state index in [0.29, 0.717) is 31.6 Å². The summed E-state index contributed by atoms with van der Waals surface area (Å²) in [5.41, 5.74) is 0.626. The highest BCUT2D eigenvalue weighted by molar-refractivity contribution is 7.92. The Balaban J connectivity index is 2.66. The van der Waals surface area contributed by atoms with Crippen molar-refractivity contribution < 1.29 is 13.2 Å². The Labute approximate surface area is 114 Å². The molecular formula is C13H20N2O3S. The van der Waals surface area contributed by atoms with Crippen LogP contribution in [-0.4, -0.2) is 33.7 Å². The summed E-state index contributed by atoms with van der Waals surface area (Å²) in [5, 5.41) is 2.69. The number of hydrogen-bond donors (Lipinski definition) is 1. The largest absolute Gasteiger partial charge is 0.356 e. The molecule has 0 spiro atoms. The van der Waals surface area contributed by atoms with Crippen molar-refractivity contribution in [1.82, 2.24) is 5.32 Å². The van der Waals surface area contributed by atoms with E-state index < -0.39 is 10.0 Å². The van der Waals surface area contributed by atoms with Crippen molar-refractivity contribution in [3.05, 3.63) is 30.3 Å². The summed E-state index contributed by atoms with van der Waals surface area (Å²) < 4.78 is 24.8. The van der Waals surface area contributed by atoms with E-state index in [1.54, 1.807) is 24.3 Å². The van der Waals surface area contributed by atoms with Crippen LogP contribution in [-0.2, 0) is 14.8 Å². The first kappa shape index (κ1) is 15.5. The fraction of sp³-hybridized carbons (Fsp3) is 0.462. The monoisotopic (exact) mass is 284 g/mol. The molecule has 106 valence electrons. The van der Waals surface area contributed by atoms with Crippen molar-refractivity contribution in [2.45, 2.75) is 19.8 Å². The van der Waals surface area contributed by atoms with Crippen molar-refractivity contribution in [3.8, 4) is 0 Å². The number of carbonyl (C=O) groups is 1. The summed E-state index contributed by atoms with van der Waals surface area (Å²) in [5.74, 6) is -0.0518. The number of carbonyl (C=O) groups excluding carboxylic acids is 1. The molecule has 0 radical (unpaired) electrons. The second-order valence-electron chi connectivity index (χ2n) is 4.23. The number of anilines is 1. The van der Waals surface area contributed by atoms with Gasteiger partial charge in [-0.05, 0) is 25.5 Å². The average Bonchev–Trinajstić information content (AvgIpc) is 2.34. The summed E-state index contributed by atoms with van der Waals surface area (Å²) in [7, 11) is -3.33. The van der Waals surface area contributed by atoms with Crippen LogP contribution >= 0.6 is 0 Å². The normalized spacial score (nSPS) is 11.1. The molecule has 0 bridgehead atoms. The second kappa shape index (κ2) is 7.13. The van der Waals surface area contributed by atoms with Gasteiger partial charge in [0.05, 0.1) is 11.9 Å². The zero-order valence-electron chi connectivity index (χ0n) is 11.3. The smallest absolute Gasteiger partial charge is 0.232 e. The molecule has 1 aromatic carbocycles. The Kier molecular flexibility index (Phi) is 5.82. The number of para-hydroxylation sites is 1. The van der Waals surface area contributed by atoms with Crippen LogP contribution < -0.4 is 9.62 Å². The molecule has 0 aromatic heterocycles. The van der Waals surface area contributed by atoms with E-state index >= 15 is 0 Å². The molecule has 1 N–H and O–H groups in total. The van der Waals surface area contributed by atoms with Gasteiger partial charge in [0, 0.05) is 19.5 Å². The molecule has 0 saturated heterocycles. The van der Waals surface area contributed by atoms with Gasteiger partial charge in [-0.2, -0.15) is 0 Å². The Hall–Kier alpha value is -1.56. The molecule has 0 unspecified atom stereocenters. The molecular weight excluding hydrogens is 264 g/mol. The lowest BCUT2D eigenvalue weighted by atomic mass is 10.2. The molecule has 0 aliphatic rings. The third-order valence-corrected chi connectivity index (χ3v) is 3.78. The lowest BCUT2D eigenvalue weighted by Gasteiger charge is -2.22. The van der Waals surface area contributed by atoms with Gasteiger partial charge >= 0.3 is 0 Å². The lowest BCUT2D eigenvalue weighted by molar-refractivity contribution is -0.121. The van der Waals surface area contributed by atoms with E-state index in [4.69, 9.17) is 0 Å². The van der Waals surface area contributed by atoms with Crippen LogP contribution in [0.15, 0.2) is 30.3 Å². The lowest BCUT2D eigenvalue weighted by Crippen LogP contribution is -2.32. The van der Waals surface area contributed by atoms with Crippen molar-refractivity contribution in [2.24, 2.45) is 0 Å². The predicted molar refractivity (Wildman–Crippen MR) is 76.5 cm³/mol. The second-order valence-corrected chi connectivity index (χ2v) is 6.13. The molecule has 0 fully saturated rings. The van der Waals surface area contributed by atoms with Crippen LogP contribution in [0.3, 0.4) is 0 Å². The van der Waals surface area contributed by atoms with Gasteiger partial charge in [-0.3, -0.25) is 9.10 Å². The number of sulfonamides is 1. The summed E-state index contributed by atoms with van der Waals surface area (Å²) in [6, 6.07) is 8.90. The van der Waals surface area contributed by atoms with Crippen LogP contribution in [0.2, 0.25) is 0 Å². The number of benzene rings is 1. The summed E-state index contributed by atoms with van der Waals surface area (Å²) >= 11 is 0. The molecule has 19 heavy (non-hydrogen) atoms. The molecule has 1 rings (SSSR count). The molecule has 0 aliphatic carbocycles. The molecule has 0 saturated carbocycles. The highest BCUT2D eigenvalue weighted by Crippen LogP contribution is 2.17. The van der Waals surface area contributed by atoms with E-state index in [0.717, 1.165) is 0 Å². The maximum absolute atomic E-state index is 11.8. The summed E-state index contributed by atoms with van der Waals surface area (Å²) in [4.78, 5) is 11.3. The zero-order chi connectivity index (χ0) is 14.3. The quantitative estimate of drug-likeness (QED) is 0.822. The van der Waals surface area contributed by atoms with E-state index in [-0.39, 0.29) is 5.91 Å². The average molecular weight is 284 g/mol. The van der Waals surface area contributed by atoms with Gasteiger partial charge in [-0.25, -0.2) is 8.42 Å². The minimum absolute atomic E-state index is 0.0518. The third-order valence-electron chi connectivity index (χ3n) is 2.58. The van der Waals surface area contributed by atoms with Gasteiger partial charge in [0.25, 0.3) is 0 Å². The molecule has 6 heteroatoms. The van der Waals surface area contributed by atoms with Gasteiger partial charge in [-0.15, -0.1) is 0 Å². The third kappa shape index (κ3) is 5.30. The molecule has 1 amide bonds. The fourth-order valence-electron chi connectivity index (χ4n) is 1.75. The Morgan fingerprint density at radius 2 is 1.89 bits per heavy atom. The number of hydrogen-bond acceptors (Lipinski definition) is 3. The number of nitrogens with one attached hydrogen (secondary N) is 1. The molecule has 0 aliphatic heterocycles. The predicted octanol–water partition coefficient (Wildman–Crippen LogP) is 1.37. The van der Waals surface area contributed by atoms with E-state index in [9.17, 15) is 13.2 Å². The Morgan fingerprint density at radius 3 is 2.42 bits per heavy atom. The van der Waals surface area contributed by atoms with Gasteiger partial charge in [-0.1, -0.05) is 18.2 Å². The van der Waals surface area contributed by atoms with E-state index in [1.807, 2.05) is 13.0 Å². The summed E-state index contributed by atoms with van der Waals surface area (Å²) in [6.07, 6.45) is 1.99. The fourth-order valence-corrected chi connectivity index (χ4v) is 2.71.